The topological polar surface area (TPSA) is 78.4 Å². The molecule has 1 fully saturated rings. The molecular formula is C14H26N2O3. The maximum Gasteiger partial charge on any atom is 0.326 e. The molecule has 5 nitrogen and oxygen atoms in total. The molecule has 1 atom stereocenters. The molecule has 0 spiro atoms. The Morgan fingerprint density at radius 1 is 1.21 bits per heavy atom. The Kier molecular flexibility index (Phi) is 5.79. The van der Waals surface area contributed by atoms with Crippen molar-refractivity contribution in [2.75, 3.05) is 7.05 Å². The van der Waals surface area contributed by atoms with Crippen LogP contribution in [0.25, 0.3) is 0 Å². The molecule has 0 aromatic carbocycles. The van der Waals surface area contributed by atoms with Gasteiger partial charge < -0.3 is 15.7 Å². The minimum absolute atomic E-state index is 0.113. The van der Waals surface area contributed by atoms with Gasteiger partial charge in [0.25, 0.3) is 0 Å². The number of carboxylic acids is 1. The minimum Gasteiger partial charge on any atom is -0.480 e. The fourth-order valence-electron chi connectivity index (χ4n) is 2.79. The van der Waals surface area contributed by atoms with Gasteiger partial charge in [0.05, 0.1) is 0 Å². The van der Waals surface area contributed by atoms with E-state index in [9.17, 15) is 9.59 Å². The first-order valence-corrected chi connectivity index (χ1v) is 7.11. The minimum atomic E-state index is -0.967. The van der Waals surface area contributed by atoms with Crippen LogP contribution in [0.2, 0.25) is 0 Å². The Morgan fingerprint density at radius 2 is 1.79 bits per heavy atom. The smallest absolute Gasteiger partial charge is 0.326 e. The SMILES string of the molecule is CNC1(CC(=O)NC(C(=O)O)C(C)C)CCCCC1. The number of carboxylic acid groups (broad SMARTS) is 1. The molecule has 0 aromatic rings. The lowest BCUT2D eigenvalue weighted by molar-refractivity contribution is -0.143. The second-order valence-corrected chi connectivity index (χ2v) is 5.90. The Balaban J connectivity index is 2.59. The van der Waals surface area contributed by atoms with Crippen molar-refractivity contribution in [1.29, 1.82) is 0 Å². The lowest BCUT2D eigenvalue weighted by Gasteiger charge is -2.37. The molecule has 19 heavy (non-hydrogen) atoms. The molecule has 0 aliphatic heterocycles. The van der Waals surface area contributed by atoms with E-state index in [-0.39, 0.29) is 17.4 Å². The predicted octanol–water partition coefficient (Wildman–Crippen LogP) is 1.52. The zero-order chi connectivity index (χ0) is 14.5. The van der Waals surface area contributed by atoms with E-state index in [0.29, 0.717) is 6.42 Å². The summed E-state index contributed by atoms with van der Waals surface area (Å²) in [5.41, 5.74) is -0.150. The fourth-order valence-corrected chi connectivity index (χ4v) is 2.79. The standard InChI is InChI=1S/C14H26N2O3/c1-10(2)12(13(18)19)16-11(17)9-14(15-3)7-5-4-6-8-14/h10,12,15H,4-9H2,1-3H3,(H,16,17)(H,18,19). The van der Waals surface area contributed by atoms with Gasteiger partial charge in [0.1, 0.15) is 6.04 Å². The molecule has 1 aliphatic rings. The molecule has 1 saturated carbocycles. The van der Waals surface area contributed by atoms with Crippen LogP contribution in [0.4, 0.5) is 0 Å². The van der Waals surface area contributed by atoms with E-state index in [1.807, 2.05) is 7.05 Å². The first-order valence-electron chi connectivity index (χ1n) is 7.11. The van der Waals surface area contributed by atoms with E-state index in [1.54, 1.807) is 13.8 Å². The van der Waals surface area contributed by atoms with E-state index < -0.39 is 12.0 Å². The van der Waals surface area contributed by atoms with Crippen molar-refractivity contribution in [3.05, 3.63) is 0 Å². The van der Waals surface area contributed by atoms with Crippen LogP contribution in [0.3, 0.4) is 0 Å². The summed E-state index contributed by atoms with van der Waals surface area (Å²) < 4.78 is 0. The number of amides is 1. The quantitative estimate of drug-likeness (QED) is 0.684. The molecular weight excluding hydrogens is 244 g/mol. The molecule has 0 aromatic heterocycles. The van der Waals surface area contributed by atoms with Gasteiger partial charge in [-0.2, -0.15) is 0 Å². The second-order valence-electron chi connectivity index (χ2n) is 5.90. The first kappa shape index (κ1) is 16.0. The molecule has 1 aliphatic carbocycles. The molecule has 0 radical (unpaired) electrons. The molecule has 0 saturated heterocycles. The Morgan fingerprint density at radius 3 is 2.21 bits per heavy atom. The number of aliphatic carboxylic acids is 1. The second kappa shape index (κ2) is 6.89. The average molecular weight is 270 g/mol. The van der Waals surface area contributed by atoms with Crippen molar-refractivity contribution in [2.45, 2.75) is 64.0 Å². The average Bonchev–Trinajstić information content (AvgIpc) is 2.36. The Labute approximate surface area is 115 Å². The van der Waals surface area contributed by atoms with Gasteiger partial charge in [0.2, 0.25) is 5.91 Å². The third-order valence-corrected chi connectivity index (χ3v) is 4.09. The molecule has 110 valence electrons. The van der Waals surface area contributed by atoms with Crippen LogP contribution >= 0.6 is 0 Å². The van der Waals surface area contributed by atoms with Crippen molar-refractivity contribution in [2.24, 2.45) is 5.92 Å². The summed E-state index contributed by atoms with van der Waals surface area (Å²) >= 11 is 0. The van der Waals surface area contributed by atoms with Gasteiger partial charge >= 0.3 is 5.97 Å². The van der Waals surface area contributed by atoms with E-state index in [2.05, 4.69) is 10.6 Å². The van der Waals surface area contributed by atoms with E-state index in [4.69, 9.17) is 5.11 Å². The molecule has 0 heterocycles. The van der Waals surface area contributed by atoms with Gasteiger partial charge in [-0.05, 0) is 25.8 Å². The van der Waals surface area contributed by atoms with Crippen molar-refractivity contribution in [3.63, 3.8) is 0 Å². The normalized spacial score (nSPS) is 20.0. The van der Waals surface area contributed by atoms with E-state index >= 15 is 0 Å². The van der Waals surface area contributed by atoms with Crippen LogP contribution in [0.15, 0.2) is 0 Å². The molecule has 5 heteroatoms. The summed E-state index contributed by atoms with van der Waals surface area (Å²) in [6, 6.07) is -0.801. The van der Waals surface area contributed by atoms with E-state index in [0.717, 1.165) is 25.7 Å². The summed E-state index contributed by atoms with van der Waals surface area (Å²) in [6.45, 7) is 3.60. The maximum atomic E-state index is 12.1. The Hall–Kier alpha value is -1.10. The largest absolute Gasteiger partial charge is 0.480 e. The van der Waals surface area contributed by atoms with Crippen molar-refractivity contribution in [3.8, 4) is 0 Å². The summed E-state index contributed by atoms with van der Waals surface area (Å²) in [5, 5.41) is 15.0. The molecule has 3 N–H and O–H groups in total. The molecule has 0 bridgehead atoms. The highest BCUT2D eigenvalue weighted by atomic mass is 16.4. The van der Waals surface area contributed by atoms with Crippen molar-refractivity contribution >= 4 is 11.9 Å². The monoisotopic (exact) mass is 270 g/mol. The number of rotatable bonds is 6. The summed E-state index contributed by atoms with van der Waals surface area (Å²) in [6.07, 6.45) is 5.79. The third-order valence-electron chi connectivity index (χ3n) is 4.09. The Bertz CT molecular complexity index is 323. The summed E-state index contributed by atoms with van der Waals surface area (Å²) in [5.74, 6) is -1.25. The summed E-state index contributed by atoms with van der Waals surface area (Å²) in [4.78, 5) is 23.2. The molecule has 1 unspecified atom stereocenters. The van der Waals surface area contributed by atoms with Gasteiger partial charge in [0.15, 0.2) is 0 Å². The van der Waals surface area contributed by atoms with Crippen LogP contribution in [0.5, 0.6) is 0 Å². The predicted molar refractivity (Wildman–Crippen MR) is 73.9 cm³/mol. The number of hydrogen-bond acceptors (Lipinski definition) is 3. The maximum absolute atomic E-state index is 12.1. The molecule has 1 rings (SSSR count). The molecule has 1 amide bonds. The number of carbonyl (C=O) groups excluding carboxylic acids is 1. The van der Waals surface area contributed by atoms with Gasteiger partial charge in [-0.3, -0.25) is 4.79 Å². The van der Waals surface area contributed by atoms with Crippen LogP contribution in [-0.2, 0) is 9.59 Å². The highest BCUT2D eigenvalue weighted by molar-refractivity contribution is 5.84. The number of hydrogen-bond donors (Lipinski definition) is 3. The number of nitrogens with one attached hydrogen (secondary N) is 2. The number of carbonyl (C=O) groups is 2. The third kappa shape index (κ3) is 4.49. The lowest BCUT2D eigenvalue weighted by Crippen LogP contribution is -2.51. The summed E-state index contributed by atoms with van der Waals surface area (Å²) in [7, 11) is 1.88. The van der Waals surface area contributed by atoms with Crippen LogP contribution < -0.4 is 10.6 Å². The zero-order valence-corrected chi connectivity index (χ0v) is 12.2. The van der Waals surface area contributed by atoms with Crippen LogP contribution in [0.1, 0.15) is 52.4 Å². The zero-order valence-electron chi connectivity index (χ0n) is 12.2. The first-order chi connectivity index (χ1) is 8.90. The van der Waals surface area contributed by atoms with E-state index in [1.165, 1.54) is 6.42 Å². The van der Waals surface area contributed by atoms with Gasteiger partial charge in [-0.25, -0.2) is 4.79 Å². The van der Waals surface area contributed by atoms with Gasteiger partial charge in [-0.1, -0.05) is 33.1 Å². The lowest BCUT2D eigenvalue weighted by atomic mass is 9.79. The van der Waals surface area contributed by atoms with Crippen LogP contribution in [-0.4, -0.2) is 35.6 Å². The highest BCUT2D eigenvalue weighted by Gasteiger charge is 2.34. The van der Waals surface area contributed by atoms with Gasteiger partial charge in [0, 0.05) is 12.0 Å². The van der Waals surface area contributed by atoms with Gasteiger partial charge in [-0.15, -0.1) is 0 Å². The fraction of sp³-hybridized carbons (Fsp3) is 0.857. The highest BCUT2D eigenvalue weighted by Crippen LogP contribution is 2.30. The van der Waals surface area contributed by atoms with Crippen LogP contribution in [0, 0.1) is 5.92 Å². The van der Waals surface area contributed by atoms with Crippen molar-refractivity contribution in [1.82, 2.24) is 10.6 Å². The van der Waals surface area contributed by atoms with Crippen molar-refractivity contribution < 1.29 is 14.7 Å².